The predicted octanol–water partition coefficient (Wildman–Crippen LogP) is 2.90. The number of nitrogens with one attached hydrogen (secondary N) is 3. The van der Waals surface area contributed by atoms with Gasteiger partial charge < -0.3 is 20.1 Å². The molecule has 3 aromatic rings. The molecule has 0 aromatic carbocycles. The number of aromatic amines is 2. The van der Waals surface area contributed by atoms with Gasteiger partial charge in [-0.3, -0.25) is 10.1 Å². The third-order valence-corrected chi connectivity index (χ3v) is 6.70. The molecule has 5 heterocycles. The van der Waals surface area contributed by atoms with E-state index < -0.39 is 0 Å². The molecule has 3 aromatic heterocycles. The van der Waals surface area contributed by atoms with E-state index in [0.717, 1.165) is 97.3 Å². The molecule has 5 rings (SSSR count). The maximum absolute atomic E-state index is 5.02. The minimum Gasteiger partial charge on any atom is -0.367 e. The zero-order valence-corrected chi connectivity index (χ0v) is 19.0. The number of aryl methyl sites for hydroxylation is 1. The highest BCUT2D eigenvalue weighted by atomic mass is 15.3. The van der Waals surface area contributed by atoms with Crippen LogP contribution < -0.4 is 5.32 Å². The van der Waals surface area contributed by atoms with Crippen LogP contribution in [0.5, 0.6) is 0 Å². The quantitative estimate of drug-likeness (QED) is 0.537. The van der Waals surface area contributed by atoms with Crippen LogP contribution in [0.25, 0.3) is 28.1 Å². The molecule has 3 N–H and O–H groups in total. The van der Waals surface area contributed by atoms with Gasteiger partial charge in [0.25, 0.3) is 0 Å². The summed E-state index contributed by atoms with van der Waals surface area (Å²) in [5.74, 6) is 1.28. The fourth-order valence-corrected chi connectivity index (χ4v) is 4.77. The molecule has 0 amide bonds. The van der Waals surface area contributed by atoms with Gasteiger partial charge in [0, 0.05) is 48.9 Å². The van der Waals surface area contributed by atoms with E-state index in [1.165, 1.54) is 0 Å². The van der Waals surface area contributed by atoms with Crippen molar-refractivity contribution in [1.29, 1.82) is 0 Å². The van der Waals surface area contributed by atoms with Crippen molar-refractivity contribution >= 4 is 16.6 Å². The average Bonchev–Trinajstić information content (AvgIpc) is 3.41. The van der Waals surface area contributed by atoms with Crippen LogP contribution in [-0.2, 0) is 0 Å². The van der Waals surface area contributed by atoms with Crippen molar-refractivity contribution in [3.8, 4) is 11.5 Å². The molecule has 8 heteroatoms. The van der Waals surface area contributed by atoms with Crippen LogP contribution >= 0.6 is 0 Å². The second kappa shape index (κ2) is 8.88. The summed E-state index contributed by atoms with van der Waals surface area (Å²) in [6.07, 6.45) is 8.07. The number of allylic oxidation sites excluding steroid dienone is 2. The monoisotopic (exact) mass is 432 g/mol. The summed E-state index contributed by atoms with van der Waals surface area (Å²) in [5.41, 5.74) is 6.06. The van der Waals surface area contributed by atoms with Gasteiger partial charge in [0.1, 0.15) is 11.4 Å². The zero-order valence-electron chi connectivity index (χ0n) is 19.0. The number of piperidine rings is 1. The van der Waals surface area contributed by atoms with Gasteiger partial charge in [-0.2, -0.15) is 5.10 Å². The molecule has 2 aliphatic rings. The van der Waals surface area contributed by atoms with E-state index >= 15 is 0 Å². The van der Waals surface area contributed by atoms with Gasteiger partial charge in [-0.05, 0) is 52.0 Å². The number of pyridine rings is 1. The van der Waals surface area contributed by atoms with Crippen molar-refractivity contribution in [3.05, 3.63) is 48.1 Å². The minimum absolute atomic E-state index is 0.497. The summed E-state index contributed by atoms with van der Waals surface area (Å²) in [4.78, 5) is 18.0. The van der Waals surface area contributed by atoms with E-state index in [4.69, 9.17) is 9.97 Å². The fraction of sp³-hybridized carbons (Fsp3) is 0.458. The van der Waals surface area contributed by atoms with Crippen LogP contribution in [0.2, 0.25) is 0 Å². The van der Waals surface area contributed by atoms with E-state index in [-0.39, 0.29) is 0 Å². The van der Waals surface area contributed by atoms with Crippen molar-refractivity contribution < 1.29 is 0 Å². The molecular formula is C24H32N8. The minimum atomic E-state index is 0.497. The van der Waals surface area contributed by atoms with Gasteiger partial charge in [-0.25, -0.2) is 4.98 Å². The number of hydrogen-bond acceptors (Lipinski definition) is 6. The number of hydrogen-bond donors (Lipinski definition) is 3. The van der Waals surface area contributed by atoms with E-state index in [0.29, 0.717) is 5.92 Å². The van der Waals surface area contributed by atoms with Crippen molar-refractivity contribution in [2.24, 2.45) is 0 Å². The molecular weight excluding hydrogens is 400 g/mol. The highest BCUT2D eigenvalue weighted by molar-refractivity contribution is 5.91. The zero-order chi connectivity index (χ0) is 22.1. The molecule has 0 radical (unpaired) electrons. The lowest BCUT2D eigenvalue weighted by Crippen LogP contribution is -2.43. The second-order valence-corrected chi connectivity index (χ2v) is 8.89. The first-order valence-corrected chi connectivity index (χ1v) is 11.5. The molecule has 0 atom stereocenters. The first-order valence-electron chi connectivity index (χ1n) is 11.5. The number of rotatable bonds is 5. The Balaban J connectivity index is 1.50. The van der Waals surface area contributed by atoms with Gasteiger partial charge in [0.15, 0.2) is 5.82 Å². The highest BCUT2D eigenvalue weighted by Crippen LogP contribution is 2.31. The molecule has 168 valence electrons. The number of aromatic nitrogens is 5. The predicted molar refractivity (Wildman–Crippen MR) is 128 cm³/mol. The fourth-order valence-electron chi connectivity index (χ4n) is 4.77. The largest absolute Gasteiger partial charge is 0.367 e. The molecule has 0 unspecified atom stereocenters. The normalized spacial score (nSPS) is 19.1. The first-order chi connectivity index (χ1) is 15.6. The van der Waals surface area contributed by atoms with Crippen molar-refractivity contribution in [2.75, 3.05) is 46.3 Å². The average molecular weight is 433 g/mol. The van der Waals surface area contributed by atoms with Crippen molar-refractivity contribution in [3.63, 3.8) is 0 Å². The number of piperazine rings is 1. The van der Waals surface area contributed by atoms with Crippen LogP contribution in [0.3, 0.4) is 0 Å². The maximum atomic E-state index is 5.02. The number of fused-ring (bicyclic) bond motifs is 1. The Morgan fingerprint density at radius 2 is 1.97 bits per heavy atom. The van der Waals surface area contributed by atoms with Crippen LogP contribution in [0.15, 0.2) is 31.0 Å². The number of nitrogens with zero attached hydrogens (tertiary/aromatic N) is 5. The Hall–Kier alpha value is -2.97. The summed E-state index contributed by atoms with van der Waals surface area (Å²) < 4.78 is 0. The molecule has 0 bridgehead atoms. The van der Waals surface area contributed by atoms with Crippen LogP contribution in [0, 0.1) is 6.92 Å². The molecule has 0 saturated carbocycles. The Kier molecular flexibility index (Phi) is 5.80. The Morgan fingerprint density at radius 1 is 1.19 bits per heavy atom. The standard InChI is InChI=1S/C24H32N8/c1-4-5-21(32-12-10-31(3)11-13-32)22-16(2)27-24(28-22)23-18-14-19(17-6-8-25-9-7-17)26-15-20(18)29-30-23/h4-5,14-15,17,25H,1,6-13H2,2-3H3,(H,27,28)(H,29,30)/b21-5+. The van der Waals surface area contributed by atoms with Crippen LogP contribution in [0.1, 0.15) is 35.8 Å². The Labute approximate surface area is 188 Å². The van der Waals surface area contributed by atoms with Crippen LogP contribution in [0.4, 0.5) is 0 Å². The van der Waals surface area contributed by atoms with Crippen LogP contribution in [-0.4, -0.2) is 81.3 Å². The van der Waals surface area contributed by atoms with Gasteiger partial charge in [-0.1, -0.05) is 12.7 Å². The van der Waals surface area contributed by atoms with E-state index in [1.807, 2.05) is 12.3 Å². The van der Waals surface area contributed by atoms with E-state index in [1.54, 1.807) is 0 Å². The topological polar surface area (TPSA) is 88.8 Å². The molecule has 8 nitrogen and oxygen atoms in total. The molecule has 2 aliphatic heterocycles. The van der Waals surface area contributed by atoms with Gasteiger partial charge in [0.05, 0.1) is 17.4 Å². The summed E-state index contributed by atoms with van der Waals surface area (Å²) in [7, 11) is 2.17. The van der Waals surface area contributed by atoms with E-state index in [9.17, 15) is 0 Å². The smallest absolute Gasteiger partial charge is 0.159 e. The molecule has 0 aliphatic carbocycles. The summed E-state index contributed by atoms with van der Waals surface area (Å²) in [6.45, 7) is 12.2. The summed E-state index contributed by atoms with van der Waals surface area (Å²) in [5, 5.41) is 12.2. The lowest BCUT2D eigenvalue weighted by atomic mass is 9.93. The third-order valence-electron chi connectivity index (χ3n) is 6.70. The number of imidazole rings is 1. The summed E-state index contributed by atoms with van der Waals surface area (Å²) >= 11 is 0. The number of H-pyrrole nitrogens is 2. The first kappa shape index (κ1) is 20.9. The number of likely N-dealkylation sites (N-methyl/N-ethyl adjacent to an activating group) is 1. The molecule has 32 heavy (non-hydrogen) atoms. The Morgan fingerprint density at radius 3 is 2.72 bits per heavy atom. The maximum Gasteiger partial charge on any atom is 0.159 e. The van der Waals surface area contributed by atoms with Gasteiger partial charge in [-0.15, -0.1) is 0 Å². The third kappa shape index (κ3) is 3.96. The summed E-state index contributed by atoms with van der Waals surface area (Å²) in [6, 6.07) is 2.20. The lowest BCUT2D eigenvalue weighted by Gasteiger charge is -2.35. The SMILES string of the molecule is C=C/C=C(\c1nc(-c2n[nH]c3cnc(C4CCNCC4)cc23)[nH]c1C)N1CCN(C)CC1. The highest BCUT2D eigenvalue weighted by Gasteiger charge is 2.23. The van der Waals surface area contributed by atoms with Gasteiger partial charge >= 0.3 is 0 Å². The van der Waals surface area contributed by atoms with E-state index in [2.05, 4.69) is 63.0 Å². The molecule has 2 saturated heterocycles. The van der Waals surface area contributed by atoms with Gasteiger partial charge in [0.2, 0.25) is 0 Å². The molecule has 0 spiro atoms. The lowest BCUT2D eigenvalue weighted by molar-refractivity contribution is 0.207. The Bertz CT molecular complexity index is 1130. The van der Waals surface area contributed by atoms with Crippen molar-refractivity contribution in [2.45, 2.75) is 25.7 Å². The van der Waals surface area contributed by atoms with Crippen molar-refractivity contribution in [1.82, 2.24) is 40.3 Å². The molecule has 2 fully saturated rings. The second-order valence-electron chi connectivity index (χ2n) is 8.89.